The molecule has 1 aromatic heterocycles. The number of fused-ring (bicyclic) bond motifs is 2. The normalized spacial score (nSPS) is 13.6. The monoisotopic (exact) mass is 319 g/mol. The summed E-state index contributed by atoms with van der Waals surface area (Å²) in [7, 11) is 1.64. The third-order valence-corrected chi connectivity index (χ3v) is 4.38. The summed E-state index contributed by atoms with van der Waals surface area (Å²) >= 11 is 0. The van der Waals surface area contributed by atoms with E-state index in [0.29, 0.717) is 18.6 Å². The highest BCUT2D eigenvalue weighted by molar-refractivity contribution is 5.86. The number of carbonyl (C=O) groups excluding carboxylic acids is 1. The molecule has 0 amide bonds. The molecule has 0 unspecified atom stereocenters. The average molecular weight is 319 g/mol. The molecule has 1 aliphatic rings. The molecule has 0 saturated carbocycles. The van der Waals surface area contributed by atoms with Crippen molar-refractivity contribution in [2.24, 2.45) is 0 Å². The molecule has 0 N–H and O–H groups in total. The zero-order valence-corrected chi connectivity index (χ0v) is 13.4. The number of methoxy groups -OCH3 is 1. The fourth-order valence-corrected chi connectivity index (χ4v) is 3.09. The van der Waals surface area contributed by atoms with Crippen molar-refractivity contribution in [3.05, 3.63) is 59.8 Å². The molecule has 24 heavy (non-hydrogen) atoms. The van der Waals surface area contributed by atoms with Gasteiger partial charge in [-0.05, 0) is 47.9 Å². The molecule has 4 nitrogen and oxygen atoms in total. The zero-order chi connectivity index (χ0) is 16.5. The zero-order valence-electron chi connectivity index (χ0n) is 13.4. The number of aryl methyl sites for hydroxylation is 1. The second-order valence-corrected chi connectivity index (χ2v) is 5.94. The van der Waals surface area contributed by atoms with Crippen LogP contribution in [0.4, 0.5) is 0 Å². The van der Waals surface area contributed by atoms with Crippen LogP contribution < -0.4 is 9.47 Å². The highest BCUT2D eigenvalue weighted by Crippen LogP contribution is 2.32. The fraction of sp³-hybridized carbons (Fsp3) is 0.200. The predicted molar refractivity (Wildman–Crippen MR) is 91.8 cm³/mol. The molecule has 0 radical (unpaired) electrons. The van der Waals surface area contributed by atoms with Crippen molar-refractivity contribution in [3.63, 3.8) is 0 Å². The van der Waals surface area contributed by atoms with Gasteiger partial charge in [0.1, 0.15) is 23.0 Å². The van der Waals surface area contributed by atoms with Crippen molar-refractivity contribution in [2.45, 2.75) is 19.3 Å². The van der Waals surface area contributed by atoms with E-state index in [-0.39, 0.29) is 0 Å². The summed E-state index contributed by atoms with van der Waals surface area (Å²) in [5, 5.41) is 0.936. The lowest BCUT2D eigenvalue weighted by Gasteiger charge is -2.16. The topological polar surface area (TPSA) is 48.4 Å². The van der Waals surface area contributed by atoms with Gasteiger partial charge in [0.2, 0.25) is 0 Å². The van der Waals surface area contributed by atoms with Crippen LogP contribution in [0.25, 0.3) is 10.9 Å². The molecule has 0 spiro atoms. The number of rotatable bonds is 3. The molecule has 1 aliphatic carbocycles. The molecule has 4 rings (SSSR count). The van der Waals surface area contributed by atoms with Crippen LogP contribution in [0.3, 0.4) is 0 Å². The van der Waals surface area contributed by atoms with Gasteiger partial charge in [0, 0.05) is 30.5 Å². The Bertz CT molecular complexity index is 933. The van der Waals surface area contributed by atoms with Gasteiger partial charge in [0.25, 0.3) is 0 Å². The Morgan fingerprint density at radius 1 is 0.958 bits per heavy atom. The maximum Gasteiger partial charge on any atom is 0.138 e. The predicted octanol–water partition coefficient (Wildman–Crippen LogP) is 4.09. The number of hydrogen-bond donors (Lipinski definition) is 0. The Hall–Kier alpha value is -2.88. The molecule has 4 heteroatoms. The number of ketones is 1. The Kier molecular flexibility index (Phi) is 3.65. The first-order valence-corrected chi connectivity index (χ1v) is 7.97. The van der Waals surface area contributed by atoms with E-state index < -0.39 is 0 Å². The first-order chi connectivity index (χ1) is 11.7. The van der Waals surface area contributed by atoms with E-state index in [1.165, 1.54) is 5.56 Å². The van der Waals surface area contributed by atoms with Gasteiger partial charge >= 0.3 is 0 Å². The number of aromatic nitrogens is 1. The second kappa shape index (κ2) is 5.96. The summed E-state index contributed by atoms with van der Waals surface area (Å²) in [6.45, 7) is 0. The minimum Gasteiger partial charge on any atom is -0.497 e. The summed E-state index contributed by atoms with van der Waals surface area (Å²) < 4.78 is 11.3. The Morgan fingerprint density at radius 2 is 1.83 bits per heavy atom. The van der Waals surface area contributed by atoms with Crippen LogP contribution in [0.15, 0.2) is 48.7 Å². The number of carbonyl (C=O) groups is 1. The van der Waals surface area contributed by atoms with E-state index in [4.69, 9.17) is 9.47 Å². The van der Waals surface area contributed by atoms with Gasteiger partial charge in [0.15, 0.2) is 0 Å². The molecule has 2 aromatic carbocycles. The van der Waals surface area contributed by atoms with Gasteiger partial charge in [0.05, 0.1) is 12.6 Å². The SMILES string of the molecule is COc1ccc2c(Oc3ccc4c(c3)CCC(=O)C4)ccnc2c1. The smallest absolute Gasteiger partial charge is 0.138 e. The van der Waals surface area contributed by atoms with Crippen molar-refractivity contribution in [1.82, 2.24) is 4.98 Å². The summed E-state index contributed by atoms with van der Waals surface area (Å²) in [6.07, 6.45) is 3.68. The van der Waals surface area contributed by atoms with Gasteiger partial charge in [-0.15, -0.1) is 0 Å². The highest BCUT2D eigenvalue weighted by Gasteiger charge is 2.16. The van der Waals surface area contributed by atoms with Crippen LogP contribution in [0, 0.1) is 0 Å². The van der Waals surface area contributed by atoms with E-state index >= 15 is 0 Å². The Balaban J connectivity index is 1.68. The second-order valence-electron chi connectivity index (χ2n) is 5.94. The lowest BCUT2D eigenvalue weighted by atomic mass is 9.91. The maximum absolute atomic E-state index is 11.6. The van der Waals surface area contributed by atoms with E-state index in [2.05, 4.69) is 4.98 Å². The van der Waals surface area contributed by atoms with E-state index in [1.807, 2.05) is 42.5 Å². The van der Waals surface area contributed by atoms with Crippen LogP contribution in [0.1, 0.15) is 17.5 Å². The van der Waals surface area contributed by atoms with Crippen LogP contribution in [0.2, 0.25) is 0 Å². The van der Waals surface area contributed by atoms with Crippen molar-refractivity contribution in [1.29, 1.82) is 0 Å². The van der Waals surface area contributed by atoms with E-state index in [9.17, 15) is 4.79 Å². The van der Waals surface area contributed by atoms with E-state index in [0.717, 1.165) is 40.1 Å². The summed E-state index contributed by atoms with van der Waals surface area (Å²) in [5.74, 6) is 2.62. The Morgan fingerprint density at radius 3 is 2.71 bits per heavy atom. The third-order valence-electron chi connectivity index (χ3n) is 4.38. The van der Waals surface area contributed by atoms with Gasteiger partial charge in [-0.1, -0.05) is 6.07 Å². The molecular formula is C20H17NO3. The molecule has 0 fully saturated rings. The van der Waals surface area contributed by atoms with Crippen molar-refractivity contribution in [2.75, 3.05) is 7.11 Å². The van der Waals surface area contributed by atoms with Crippen LogP contribution in [0.5, 0.6) is 17.2 Å². The van der Waals surface area contributed by atoms with Gasteiger partial charge in [-0.3, -0.25) is 9.78 Å². The largest absolute Gasteiger partial charge is 0.497 e. The van der Waals surface area contributed by atoms with Crippen LogP contribution >= 0.6 is 0 Å². The number of hydrogen-bond acceptors (Lipinski definition) is 4. The number of benzene rings is 2. The van der Waals surface area contributed by atoms with Crippen molar-refractivity contribution in [3.8, 4) is 17.2 Å². The van der Waals surface area contributed by atoms with Gasteiger partial charge in [-0.25, -0.2) is 0 Å². The molecule has 1 heterocycles. The lowest BCUT2D eigenvalue weighted by molar-refractivity contribution is -0.118. The van der Waals surface area contributed by atoms with Crippen molar-refractivity contribution >= 4 is 16.7 Å². The van der Waals surface area contributed by atoms with Gasteiger partial charge < -0.3 is 9.47 Å². The maximum atomic E-state index is 11.6. The highest BCUT2D eigenvalue weighted by atomic mass is 16.5. The number of Topliss-reactive ketones (excluding diaryl/α,β-unsaturated/α-hetero) is 1. The number of pyridine rings is 1. The standard InChI is InChI=1S/C20H17NO3/c1-23-16-6-7-18-19(12-16)21-9-8-20(18)24-17-5-3-13-10-15(22)4-2-14(13)11-17/h3,5-9,11-12H,2,4,10H2,1H3. The molecule has 0 aliphatic heterocycles. The third kappa shape index (κ3) is 2.71. The molecule has 0 atom stereocenters. The average Bonchev–Trinajstić information content (AvgIpc) is 2.61. The van der Waals surface area contributed by atoms with Gasteiger partial charge in [-0.2, -0.15) is 0 Å². The first-order valence-electron chi connectivity index (χ1n) is 7.97. The minimum atomic E-state index is 0.310. The number of nitrogens with zero attached hydrogens (tertiary/aromatic N) is 1. The summed E-state index contributed by atoms with van der Waals surface area (Å²) in [4.78, 5) is 15.9. The van der Waals surface area contributed by atoms with Crippen LogP contribution in [-0.2, 0) is 17.6 Å². The number of ether oxygens (including phenoxy) is 2. The molecule has 3 aromatic rings. The Labute approximate surface area is 140 Å². The lowest BCUT2D eigenvalue weighted by Crippen LogP contribution is -2.12. The van der Waals surface area contributed by atoms with E-state index in [1.54, 1.807) is 13.3 Å². The fourth-order valence-electron chi connectivity index (χ4n) is 3.09. The molecule has 120 valence electrons. The first kappa shape index (κ1) is 14.7. The van der Waals surface area contributed by atoms with Crippen LogP contribution in [-0.4, -0.2) is 17.9 Å². The molecule has 0 bridgehead atoms. The summed E-state index contributed by atoms with van der Waals surface area (Å²) in [6, 6.07) is 13.6. The molecular weight excluding hydrogens is 302 g/mol. The van der Waals surface area contributed by atoms with Crippen molar-refractivity contribution < 1.29 is 14.3 Å². The minimum absolute atomic E-state index is 0.310. The molecule has 0 saturated heterocycles. The quantitative estimate of drug-likeness (QED) is 0.729. The summed E-state index contributed by atoms with van der Waals surface area (Å²) in [5.41, 5.74) is 3.14.